The number of benzene rings is 1. The molecular weight excluding hydrogens is 349 g/mol. The van der Waals surface area contributed by atoms with Gasteiger partial charge in [-0.1, -0.05) is 23.2 Å². The molecule has 1 aliphatic rings. The number of aliphatic carboxylic acids is 1. The first-order valence-corrected chi connectivity index (χ1v) is 8.62. The van der Waals surface area contributed by atoms with Gasteiger partial charge >= 0.3 is 5.97 Å². The van der Waals surface area contributed by atoms with E-state index in [1.54, 1.807) is 12.1 Å². The van der Waals surface area contributed by atoms with Gasteiger partial charge in [-0.3, -0.25) is 9.69 Å². The van der Waals surface area contributed by atoms with E-state index in [0.717, 1.165) is 35.7 Å². The number of imidazole rings is 1. The van der Waals surface area contributed by atoms with Gasteiger partial charge in [-0.05, 0) is 30.7 Å². The number of halogens is 2. The number of aromatic nitrogens is 2. The molecule has 1 aromatic heterocycles. The molecule has 0 radical (unpaired) electrons. The van der Waals surface area contributed by atoms with E-state index in [1.807, 2.05) is 13.0 Å². The predicted molar refractivity (Wildman–Crippen MR) is 93.8 cm³/mol. The summed E-state index contributed by atoms with van der Waals surface area (Å²) in [4.78, 5) is 17.6. The maximum absolute atomic E-state index is 10.8. The van der Waals surface area contributed by atoms with Gasteiger partial charge in [0.1, 0.15) is 5.82 Å². The van der Waals surface area contributed by atoms with Crippen molar-refractivity contribution in [3.8, 4) is 0 Å². The molecule has 0 fully saturated rings. The van der Waals surface area contributed by atoms with E-state index in [2.05, 4.69) is 14.5 Å². The summed E-state index contributed by atoms with van der Waals surface area (Å²) in [6.45, 7) is 4.70. The summed E-state index contributed by atoms with van der Waals surface area (Å²) in [5.41, 5.74) is 3.19. The molecule has 128 valence electrons. The SMILES string of the molecule is Cc1nc2c(n1Cc1cc(Cl)ccc1Cl)CN(CCC(=O)O)CC2. The quantitative estimate of drug-likeness (QED) is 0.879. The fourth-order valence-corrected chi connectivity index (χ4v) is 3.46. The van der Waals surface area contributed by atoms with E-state index in [-0.39, 0.29) is 6.42 Å². The molecule has 2 aromatic rings. The summed E-state index contributed by atoms with van der Waals surface area (Å²) in [5.74, 6) is 0.173. The summed E-state index contributed by atoms with van der Waals surface area (Å²) >= 11 is 12.4. The summed E-state index contributed by atoms with van der Waals surface area (Å²) in [5, 5.41) is 10.2. The van der Waals surface area contributed by atoms with Crippen LogP contribution in [0, 0.1) is 6.92 Å². The summed E-state index contributed by atoms with van der Waals surface area (Å²) in [6.07, 6.45) is 0.995. The average molecular weight is 368 g/mol. The molecule has 0 saturated carbocycles. The van der Waals surface area contributed by atoms with Crippen molar-refractivity contribution in [2.45, 2.75) is 32.9 Å². The van der Waals surface area contributed by atoms with E-state index < -0.39 is 5.97 Å². The van der Waals surface area contributed by atoms with Gasteiger partial charge in [0.25, 0.3) is 0 Å². The van der Waals surface area contributed by atoms with Crippen molar-refractivity contribution >= 4 is 29.2 Å². The van der Waals surface area contributed by atoms with E-state index in [4.69, 9.17) is 28.3 Å². The minimum Gasteiger partial charge on any atom is -0.481 e. The van der Waals surface area contributed by atoms with Crippen molar-refractivity contribution in [1.82, 2.24) is 14.5 Å². The molecule has 7 heteroatoms. The summed E-state index contributed by atoms with van der Waals surface area (Å²) in [6, 6.07) is 5.45. The third-order valence-electron chi connectivity index (χ3n) is 4.36. The van der Waals surface area contributed by atoms with Crippen molar-refractivity contribution in [3.63, 3.8) is 0 Å². The van der Waals surface area contributed by atoms with Crippen LogP contribution in [0.25, 0.3) is 0 Å². The zero-order valence-corrected chi connectivity index (χ0v) is 14.9. The maximum atomic E-state index is 10.8. The summed E-state index contributed by atoms with van der Waals surface area (Å²) in [7, 11) is 0. The average Bonchev–Trinajstić information content (AvgIpc) is 2.84. The van der Waals surface area contributed by atoms with Crippen LogP contribution in [0.1, 0.15) is 29.2 Å². The van der Waals surface area contributed by atoms with E-state index in [9.17, 15) is 4.79 Å². The third kappa shape index (κ3) is 3.74. The Hall–Kier alpha value is -1.56. The smallest absolute Gasteiger partial charge is 0.304 e. The normalized spacial score (nSPS) is 14.6. The van der Waals surface area contributed by atoms with Gasteiger partial charge in [0.05, 0.1) is 24.4 Å². The number of nitrogens with zero attached hydrogens (tertiary/aromatic N) is 3. The highest BCUT2D eigenvalue weighted by Gasteiger charge is 2.23. The van der Waals surface area contributed by atoms with Crippen LogP contribution >= 0.6 is 23.2 Å². The van der Waals surface area contributed by atoms with Crippen LogP contribution in [-0.4, -0.2) is 38.6 Å². The Balaban J connectivity index is 1.84. The van der Waals surface area contributed by atoms with Gasteiger partial charge in [-0.25, -0.2) is 4.98 Å². The topological polar surface area (TPSA) is 58.4 Å². The zero-order chi connectivity index (χ0) is 17.3. The molecule has 0 atom stereocenters. The number of hydrogen-bond donors (Lipinski definition) is 1. The van der Waals surface area contributed by atoms with Gasteiger partial charge in [0.15, 0.2) is 0 Å². The lowest BCUT2D eigenvalue weighted by Crippen LogP contribution is -2.33. The van der Waals surface area contributed by atoms with Crippen LogP contribution < -0.4 is 0 Å². The molecule has 0 saturated heterocycles. The van der Waals surface area contributed by atoms with Gasteiger partial charge in [0.2, 0.25) is 0 Å². The molecule has 0 aliphatic carbocycles. The first-order valence-electron chi connectivity index (χ1n) is 7.87. The number of rotatable bonds is 5. The number of hydrogen-bond acceptors (Lipinski definition) is 3. The van der Waals surface area contributed by atoms with E-state index >= 15 is 0 Å². The number of carboxylic acids is 1. The largest absolute Gasteiger partial charge is 0.481 e. The first-order chi connectivity index (χ1) is 11.4. The monoisotopic (exact) mass is 367 g/mol. The Morgan fingerprint density at radius 2 is 2.17 bits per heavy atom. The number of aryl methyl sites for hydroxylation is 1. The first kappa shape index (κ1) is 17.3. The molecular formula is C17H19Cl2N3O2. The second-order valence-corrected chi connectivity index (χ2v) is 6.89. The second-order valence-electron chi connectivity index (χ2n) is 6.04. The Kier molecular flexibility index (Phi) is 5.13. The molecule has 3 rings (SSSR count). The van der Waals surface area contributed by atoms with Gasteiger partial charge < -0.3 is 9.67 Å². The van der Waals surface area contributed by atoms with Gasteiger partial charge in [-0.15, -0.1) is 0 Å². The predicted octanol–water partition coefficient (Wildman–Crippen LogP) is 3.38. The van der Waals surface area contributed by atoms with Crippen molar-refractivity contribution in [3.05, 3.63) is 51.0 Å². The Morgan fingerprint density at radius 3 is 2.92 bits per heavy atom. The highest BCUT2D eigenvalue weighted by molar-refractivity contribution is 6.33. The van der Waals surface area contributed by atoms with Crippen molar-refractivity contribution in [2.75, 3.05) is 13.1 Å². The Morgan fingerprint density at radius 1 is 1.38 bits per heavy atom. The van der Waals surface area contributed by atoms with Gasteiger partial charge in [-0.2, -0.15) is 0 Å². The molecule has 5 nitrogen and oxygen atoms in total. The molecule has 0 unspecified atom stereocenters. The fourth-order valence-electron chi connectivity index (χ4n) is 3.09. The van der Waals surface area contributed by atoms with Crippen molar-refractivity contribution < 1.29 is 9.90 Å². The van der Waals surface area contributed by atoms with Crippen LogP contribution in [0.5, 0.6) is 0 Å². The Labute approximate surface area is 150 Å². The highest BCUT2D eigenvalue weighted by atomic mass is 35.5. The van der Waals surface area contributed by atoms with Crippen LogP contribution in [0.2, 0.25) is 10.0 Å². The van der Waals surface area contributed by atoms with Crippen LogP contribution in [0.4, 0.5) is 0 Å². The van der Waals surface area contributed by atoms with Crippen LogP contribution in [-0.2, 0) is 24.3 Å². The van der Waals surface area contributed by atoms with Crippen molar-refractivity contribution in [2.24, 2.45) is 0 Å². The second kappa shape index (κ2) is 7.13. The molecule has 24 heavy (non-hydrogen) atoms. The van der Waals surface area contributed by atoms with Crippen molar-refractivity contribution in [1.29, 1.82) is 0 Å². The highest BCUT2D eigenvalue weighted by Crippen LogP contribution is 2.25. The standard InChI is InChI=1S/C17H19Cl2N3O2/c1-11-20-15-4-6-21(7-5-17(23)24)10-16(15)22(11)9-12-8-13(18)2-3-14(12)19/h2-3,8H,4-7,9-10H2,1H3,(H,23,24). The molecule has 2 heterocycles. The fraction of sp³-hybridized carbons (Fsp3) is 0.412. The summed E-state index contributed by atoms with van der Waals surface area (Å²) < 4.78 is 2.15. The number of carbonyl (C=O) groups is 1. The number of fused-ring (bicyclic) bond motifs is 1. The maximum Gasteiger partial charge on any atom is 0.304 e. The van der Waals surface area contributed by atoms with E-state index in [0.29, 0.717) is 29.7 Å². The van der Waals surface area contributed by atoms with Crippen LogP contribution in [0.3, 0.4) is 0 Å². The lowest BCUT2D eigenvalue weighted by molar-refractivity contribution is -0.137. The molecule has 0 bridgehead atoms. The number of carboxylic acid groups (broad SMARTS) is 1. The zero-order valence-electron chi connectivity index (χ0n) is 13.4. The third-order valence-corrected chi connectivity index (χ3v) is 4.97. The van der Waals surface area contributed by atoms with E-state index in [1.165, 1.54) is 0 Å². The molecule has 1 N–H and O–H groups in total. The van der Waals surface area contributed by atoms with Gasteiger partial charge in [0, 0.05) is 36.1 Å². The molecule has 1 aromatic carbocycles. The lowest BCUT2D eigenvalue weighted by Gasteiger charge is -2.27. The molecule has 1 aliphatic heterocycles. The Bertz CT molecular complexity index is 773. The van der Waals surface area contributed by atoms with Crippen LogP contribution in [0.15, 0.2) is 18.2 Å². The molecule has 0 spiro atoms. The lowest BCUT2D eigenvalue weighted by atomic mass is 10.1. The minimum atomic E-state index is -0.767. The molecule has 0 amide bonds. The minimum absolute atomic E-state index is 0.155.